The van der Waals surface area contributed by atoms with Crippen molar-refractivity contribution in [2.75, 3.05) is 6.61 Å². The summed E-state index contributed by atoms with van der Waals surface area (Å²) in [6.45, 7) is -0.731. The van der Waals surface area contributed by atoms with E-state index >= 15 is 0 Å². The van der Waals surface area contributed by atoms with Crippen molar-refractivity contribution in [3.8, 4) is 0 Å². The first-order chi connectivity index (χ1) is 8.97. The van der Waals surface area contributed by atoms with Crippen LogP contribution in [0.25, 0.3) is 0 Å². The van der Waals surface area contributed by atoms with Crippen molar-refractivity contribution in [3.63, 3.8) is 0 Å². The van der Waals surface area contributed by atoms with Gasteiger partial charge in [0.1, 0.15) is 24.4 Å². The highest BCUT2D eigenvalue weighted by Gasteiger charge is 2.33. The molecule has 0 radical (unpaired) electrons. The summed E-state index contributed by atoms with van der Waals surface area (Å²) < 4.78 is 0. The average molecular weight is 287 g/mol. The van der Waals surface area contributed by atoms with Gasteiger partial charge in [-0.15, -0.1) is 0 Å². The van der Waals surface area contributed by atoms with Crippen LogP contribution >= 0.6 is 11.8 Å². The van der Waals surface area contributed by atoms with Crippen molar-refractivity contribution in [2.24, 2.45) is 5.73 Å². The van der Waals surface area contributed by atoms with E-state index in [0.29, 0.717) is 4.90 Å². The molecule has 0 aromatic heterocycles. The van der Waals surface area contributed by atoms with Crippen molar-refractivity contribution in [3.05, 3.63) is 30.3 Å². The molecule has 0 heterocycles. The number of aliphatic hydroxyl groups is 4. The third-order valence-corrected chi connectivity index (χ3v) is 3.51. The maximum atomic E-state index is 11.8. The molecule has 1 aromatic rings. The second-order valence-corrected chi connectivity index (χ2v) is 5.07. The molecule has 19 heavy (non-hydrogen) atoms. The minimum atomic E-state index is -1.68. The zero-order chi connectivity index (χ0) is 14.4. The molecule has 0 spiro atoms. The van der Waals surface area contributed by atoms with Gasteiger partial charge in [0.25, 0.3) is 0 Å². The van der Waals surface area contributed by atoms with Crippen LogP contribution in [0.4, 0.5) is 0 Å². The minimum Gasteiger partial charge on any atom is -0.394 e. The molecule has 6 N–H and O–H groups in total. The monoisotopic (exact) mass is 287 g/mol. The van der Waals surface area contributed by atoms with Gasteiger partial charge in [-0.2, -0.15) is 0 Å². The number of rotatable bonds is 6. The lowest BCUT2D eigenvalue weighted by Crippen LogP contribution is -2.52. The molecule has 106 valence electrons. The molecule has 0 aliphatic carbocycles. The predicted molar refractivity (Wildman–Crippen MR) is 70.4 cm³/mol. The van der Waals surface area contributed by atoms with Crippen molar-refractivity contribution >= 4 is 16.9 Å². The van der Waals surface area contributed by atoms with Gasteiger partial charge in [0.15, 0.2) is 0 Å². The fourth-order valence-corrected chi connectivity index (χ4v) is 2.16. The first-order valence-electron chi connectivity index (χ1n) is 5.64. The third kappa shape index (κ3) is 4.57. The first kappa shape index (κ1) is 16.1. The summed E-state index contributed by atoms with van der Waals surface area (Å²) in [5.41, 5.74) is 5.53. The van der Waals surface area contributed by atoms with E-state index in [1.54, 1.807) is 30.3 Å². The van der Waals surface area contributed by atoms with Gasteiger partial charge in [-0.05, 0) is 12.1 Å². The highest BCUT2D eigenvalue weighted by molar-refractivity contribution is 8.13. The minimum absolute atomic E-state index is 0.539. The lowest BCUT2D eigenvalue weighted by Gasteiger charge is -2.25. The molecule has 1 aromatic carbocycles. The highest BCUT2D eigenvalue weighted by Crippen LogP contribution is 2.20. The van der Waals surface area contributed by atoms with Crippen molar-refractivity contribution in [1.82, 2.24) is 0 Å². The Morgan fingerprint density at radius 3 is 2.26 bits per heavy atom. The standard InChI is InChI=1S/C12H17NO5S/c13-9(11(17)10(16)8(15)6-14)12(18)19-7-4-2-1-3-5-7/h1-5,8-11,14-17H,6,13H2/t8-,9-,10-,11-/m1/s1. The maximum absolute atomic E-state index is 11.8. The van der Waals surface area contributed by atoms with Crippen LogP contribution in [0, 0.1) is 0 Å². The summed E-state index contributed by atoms with van der Waals surface area (Å²) in [7, 11) is 0. The molecular weight excluding hydrogens is 270 g/mol. The van der Waals surface area contributed by atoms with Crippen LogP contribution in [0.15, 0.2) is 35.2 Å². The largest absolute Gasteiger partial charge is 0.394 e. The summed E-state index contributed by atoms with van der Waals surface area (Å²) in [6.07, 6.45) is -4.87. The molecule has 0 bridgehead atoms. The van der Waals surface area contributed by atoms with Crippen LogP contribution in [-0.4, -0.2) is 56.5 Å². The lowest BCUT2D eigenvalue weighted by atomic mass is 10.0. The van der Waals surface area contributed by atoms with E-state index in [2.05, 4.69) is 0 Å². The quantitative estimate of drug-likeness (QED) is 0.412. The van der Waals surface area contributed by atoms with Gasteiger partial charge in [-0.1, -0.05) is 30.0 Å². The molecule has 0 aliphatic rings. The van der Waals surface area contributed by atoms with Gasteiger partial charge in [0.05, 0.1) is 6.61 Å². The first-order valence-corrected chi connectivity index (χ1v) is 6.46. The van der Waals surface area contributed by atoms with E-state index < -0.39 is 36.1 Å². The number of nitrogens with two attached hydrogens (primary N) is 1. The van der Waals surface area contributed by atoms with Gasteiger partial charge in [-0.25, -0.2) is 0 Å². The number of carbonyl (C=O) groups is 1. The number of carbonyl (C=O) groups excluding carboxylic acids is 1. The van der Waals surface area contributed by atoms with Crippen molar-refractivity contribution < 1.29 is 25.2 Å². The van der Waals surface area contributed by atoms with Gasteiger partial charge in [0, 0.05) is 4.90 Å². The zero-order valence-corrected chi connectivity index (χ0v) is 10.9. The average Bonchev–Trinajstić information content (AvgIpc) is 2.44. The van der Waals surface area contributed by atoms with E-state index in [4.69, 9.17) is 10.8 Å². The summed E-state index contributed by atoms with van der Waals surface area (Å²) in [5, 5.41) is 36.4. The number of hydrogen-bond acceptors (Lipinski definition) is 7. The lowest BCUT2D eigenvalue weighted by molar-refractivity contribution is -0.121. The molecule has 6 nitrogen and oxygen atoms in total. The molecule has 0 fully saturated rings. The molecule has 0 aliphatic heterocycles. The number of hydrogen-bond donors (Lipinski definition) is 5. The Morgan fingerprint density at radius 2 is 1.74 bits per heavy atom. The smallest absolute Gasteiger partial charge is 0.213 e. The Labute approximate surface area is 114 Å². The second kappa shape index (κ2) is 7.59. The number of aliphatic hydroxyl groups excluding tert-OH is 4. The van der Waals surface area contributed by atoms with Gasteiger partial charge < -0.3 is 26.2 Å². The third-order valence-electron chi connectivity index (χ3n) is 2.53. The summed E-state index contributed by atoms with van der Waals surface area (Å²) in [4.78, 5) is 12.5. The Morgan fingerprint density at radius 1 is 1.16 bits per heavy atom. The van der Waals surface area contributed by atoms with Crippen LogP contribution in [0.2, 0.25) is 0 Å². The van der Waals surface area contributed by atoms with Crippen molar-refractivity contribution in [2.45, 2.75) is 29.2 Å². The molecule has 0 amide bonds. The topological polar surface area (TPSA) is 124 Å². The highest BCUT2D eigenvalue weighted by atomic mass is 32.2. The van der Waals surface area contributed by atoms with Gasteiger partial charge in [-0.3, -0.25) is 4.79 Å². The summed E-state index contributed by atoms with van der Waals surface area (Å²) in [6, 6.07) is 7.36. The molecule has 0 unspecified atom stereocenters. The van der Waals surface area contributed by atoms with Gasteiger partial charge in [0.2, 0.25) is 5.12 Å². The molecular formula is C12H17NO5S. The fourth-order valence-electron chi connectivity index (χ4n) is 1.36. The Kier molecular flexibility index (Phi) is 6.43. The predicted octanol–water partition coefficient (Wildman–Crippen LogP) is -1.29. The van der Waals surface area contributed by atoms with Crippen LogP contribution in [0.1, 0.15) is 0 Å². The normalized spacial score (nSPS) is 17.5. The van der Waals surface area contributed by atoms with Crippen LogP contribution < -0.4 is 5.73 Å². The van der Waals surface area contributed by atoms with Crippen LogP contribution in [0.3, 0.4) is 0 Å². The van der Waals surface area contributed by atoms with E-state index in [1.807, 2.05) is 0 Å². The fraction of sp³-hybridized carbons (Fsp3) is 0.417. The summed E-state index contributed by atoms with van der Waals surface area (Å²) in [5.74, 6) is 0. The molecule has 7 heteroatoms. The van der Waals surface area contributed by atoms with Crippen molar-refractivity contribution in [1.29, 1.82) is 0 Å². The summed E-state index contributed by atoms with van der Waals surface area (Å²) >= 11 is 0.838. The van der Waals surface area contributed by atoms with Gasteiger partial charge >= 0.3 is 0 Å². The van der Waals surface area contributed by atoms with E-state index in [9.17, 15) is 20.1 Å². The Balaban J connectivity index is 2.61. The molecule has 4 atom stereocenters. The maximum Gasteiger partial charge on any atom is 0.213 e. The Hall–Kier alpha value is -0.960. The van der Waals surface area contributed by atoms with Crippen LogP contribution in [-0.2, 0) is 4.79 Å². The Bertz CT molecular complexity index is 402. The number of thioether (sulfide) groups is 1. The molecule has 0 saturated carbocycles. The van der Waals surface area contributed by atoms with E-state index in [0.717, 1.165) is 11.8 Å². The number of benzene rings is 1. The zero-order valence-electron chi connectivity index (χ0n) is 10.1. The molecule has 1 rings (SSSR count). The SMILES string of the molecule is N[C@@H](C(=O)Sc1ccccc1)[C@@H](O)[C@H](O)[C@H](O)CO. The van der Waals surface area contributed by atoms with E-state index in [1.165, 1.54) is 0 Å². The molecule has 0 saturated heterocycles. The van der Waals surface area contributed by atoms with E-state index in [-0.39, 0.29) is 0 Å². The van der Waals surface area contributed by atoms with Crippen LogP contribution in [0.5, 0.6) is 0 Å². The second-order valence-electron chi connectivity index (χ2n) is 3.99.